The van der Waals surface area contributed by atoms with Gasteiger partial charge in [0.25, 0.3) is 0 Å². The summed E-state index contributed by atoms with van der Waals surface area (Å²) in [7, 11) is 0. The van der Waals surface area contributed by atoms with Crippen LogP contribution in [0.15, 0.2) is 60.7 Å². The third-order valence-electron chi connectivity index (χ3n) is 5.82. The van der Waals surface area contributed by atoms with E-state index in [4.69, 9.17) is 0 Å². The molecular weight excluding hydrogens is 276 g/mol. The van der Waals surface area contributed by atoms with Crippen molar-refractivity contribution in [2.75, 3.05) is 0 Å². The van der Waals surface area contributed by atoms with E-state index in [0.717, 1.165) is 0 Å². The Morgan fingerprint density at radius 2 is 1.17 bits per heavy atom. The second kappa shape index (κ2) is 7.81. The van der Waals surface area contributed by atoms with E-state index < -0.39 is 0 Å². The van der Waals surface area contributed by atoms with Gasteiger partial charge in [-0.2, -0.15) is 0 Å². The largest absolute Gasteiger partial charge is 0.0654 e. The summed E-state index contributed by atoms with van der Waals surface area (Å²) >= 11 is 0. The molecule has 0 aliphatic rings. The molecule has 0 aliphatic carbocycles. The summed E-state index contributed by atoms with van der Waals surface area (Å²) in [6.45, 7) is 9.57. The van der Waals surface area contributed by atoms with E-state index >= 15 is 0 Å². The molecule has 0 heteroatoms. The normalized spacial score (nSPS) is 14.4. The molecular formula is C23H32. The minimum atomic E-state index is 0.0990. The lowest BCUT2D eigenvalue weighted by atomic mass is 9.58. The first-order valence-corrected chi connectivity index (χ1v) is 9.13. The Labute approximate surface area is 143 Å². The van der Waals surface area contributed by atoms with Crippen LogP contribution in [0.1, 0.15) is 70.9 Å². The van der Waals surface area contributed by atoms with Crippen molar-refractivity contribution in [1.82, 2.24) is 0 Å². The quantitative estimate of drug-likeness (QED) is 0.466. The van der Waals surface area contributed by atoms with Crippen molar-refractivity contribution >= 4 is 0 Å². The maximum atomic E-state index is 2.46. The second-order valence-electron chi connectivity index (χ2n) is 7.50. The Hall–Kier alpha value is -1.56. The van der Waals surface area contributed by atoms with E-state index in [2.05, 4.69) is 88.4 Å². The highest BCUT2D eigenvalue weighted by atomic mass is 14.5. The third-order valence-corrected chi connectivity index (χ3v) is 5.82. The van der Waals surface area contributed by atoms with Crippen molar-refractivity contribution in [2.24, 2.45) is 0 Å². The molecule has 2 aromatic carbocycles. The van der Waals surface area contributed by atoms with Crippen molar-refractivity contribution in [3.63, 3.8) is 0 Å². The van der Waals surface area contributed by atoms with Crippen LogP contribution in [0.4, 0.5) is 0 Å². The van der Waals surface area contributed by atoms with Gasteiger partial charge in [0.05, 0.1) is 0 Å². The van der Waals surface area contributed by atoms with E-state index in [9.17, 15) is 0 Å². The summed E-state index contributed by atoms with van der Waals surface area (Å²) in [5, 5.41) is 0. The summed E-state index contributed by atoms with van der Waals surface area (Å²) in [4.78, 5) is 0. The minimum absolute atomic E-state index is 0.0990. The fourth-order valence-electron chi connectivity index (χ4n) is 3.70. The highest BCUT2D eigenvalue weighted by Gasteiger charge is 2.42. The summed E-state index contributed by atoms with van der Waals surface area (Å²) < 4.78 is 0. The fourth-order valence-corrected chi connectivity index (χ4v) is 3.70. The van der Waals surface area contributed by atoms with Crippen LogP contribution < -0.4 is 0 Å². The molecule has 0 bridgehead atoms. The van der Waals surface area contributed by atoms with Crippen LogP contribution >= 0.6 is 0 Å². The van der Waals surface area contributed by atoms with Crippen LogP contribution in [0, 0.1) is 0 Å². The Bertz CT molecular complexity index is 568. The number of unbranched alkanes of at least 4 members (excludes halogenated alkanes) is 3. The highest BCUT2D eigenvalue weighted by Crippen LogP contribution is 2.47. The van der Waals surface area contributed by atoms with E-state index in [1.54, 1.807) is 0 Å². The van der Waals surface area contributed by atoms with E-state index in [1.165, 1.54) is 43.2 Å². The topological polar surface area (TPSA) is 0 Å². The second-order valence-corrected chi connectivity index (χ2v) is 7.50. The van der Waals surface area contributed by atoms with Crippen molar-refractivity contribution in [2.45, 2.75) is 70.6 Å². The van der Waals surface area contributed by atoms with Gasteiger partial charge in [0.15, 0.2) is 0 Å². The summed E-state index contributed by atoms with van der Waals surface area (Å²) in [5.74, 6) is 0. The van der Waals surface area contributed by atoms with Crippen LogP contribution in [-0.2, 0) is 10.8 Å². The number of rotatable bonds is 8. The summed E-state index contributed by atoms with van der Waals surface area (Å²) in [6.07, 6.45) is 6.51. The molecule has 0 aromatic heterocycles. The van der Waals surface area contributed by atoms with Crippen molar-refractivity contribution in [3.05, 3.63) is 71.8 Å². The summed E-state index contributed by atoms with van der Waals surface area (Å²) in [5.41, 5.74) is 3.14. The molecule has 0 N–H and O–H groups in total. The number of benzene rings is 2. The highest BCUT2D eigenvalue weighted by molar-refractivity contribution is 5.36. The van der Waals surface area contributed by atoms with Crippen LogP contribution in [0.5, 0.6) is 0 Å². The van der Waals surface area contributed by atoms with Gasteiger partial charge < -0.3 is 0 Å². The molecule has 0 saturated carbocycles. The zero-order valence-corrected chi connectivity index (χ0v) is 15.3. The van der Waals surface area contributed by atoms with Gasteiger partial charge in [0, 0.05) is 5.41 Å². The molecule has 1 atom stereocenters. The molecule has 0 radical (unpaired) electrons. The molecule has 0 spiro atoms. The molecule has 23 heavy (non-hydrogen) atoms. The fraction of sp³-hybridized carbons (Fsp3) is 0.478. The van der Waals surface area contributed by atoms with E-state index in [1.807, 2.05) is 0 Å². The Kier molecular flexibility index (Phi) is 6.04. The SMILES string of the molecule is CCCCCC[C@](C)(c1ccccc1)C(C)(C)c1ccccc1. The molecule has 124 valence electrons. The van der Waals surface area contributed by atoms with Gasteiger partial charge in [0.1, 0.15) is 0 Å². The third kappa shape index (κ3) is 3.86. The first-order valence-electron chi connectivity index (χ1n) is 9.13. The van der Waals surface area contributed by atoms with Gasteiger partial charge in [-0.25, -0.2) is 0 Å². The van der Waals surface area contributed by atoms with Crippen LogP contribution in [0.2, 0.25) is 0 Å². The monoisotopic (exact) mass is 308 g/mol. The van der Waals surface area contributed by atoms with E-state index in [-0.39, 0.29) is 10.8 Å². The Balaban J connectivity index is 2.36. The Morgan fingerprint density at radius 1 is 0.652 bits per heavy atom. The zero-order valence-electron chi connectivity index (χ0n) is 15.3. The van der Waals surface area contributed by atoms with Gasteiger partial charge in [-0.15, -0.1) is 0 Å². The zero-order chi connectivity index (χ0) is 16.8. The number of hydrogen-bond acceptors (Lipinski definition) is 0. The Morgan fingerprint density at radius 3 is 1.70 bits per heavy atom. The van der Waals surface area contributed by atoms with Crippen molar-refractivity contribution < 1.29 is 0 Å². The van der Waals surface area contributed by atoms with Gasteiger partial charge >= 0.3 is 0 Å². The van der Waals surface area contributed by atoms with Gasteiger partial charge in [0.2, 0.25) is 0 Å². The molecule has 0 saturated heterocycles. The smallest absolute Gasteiger partial charge is 0.00162 e. The molecule has 0 amide bonds. The molecule has 2 aromatic rings. The standard InChI is InChI=1S/C23H32/c1-5-6-7-14-19-23(4,21-17-12-9-13-18-21)22(2,3)20-15-10-8-11-16-20/h8-13,15-18H,5-7,14,19H2,1-4H3/t23-/m1/s1. The average molecular weight is 309 g/mol. The maximum Gasteiger partial charge on any atom is 0.00162 e. The number of hydrogen-bond donors (Lipinski definition) is 0. The van der Waals surface area contributed by atoms with Gasteiger partial charge in [-0.05, 0) is 23.0 Å². The minimum Gasteiger partial charge on any atom is -0.0654 e. The van der Waals surface area contributed by atoms with Crippen molar-refractivity contribution in [3.8, 4) is 0 Å². The first kappa shape index (κ1) is 17.8. The molecule has 0 fully saturated rings. The van der Waals surface area contributed by atoms with E-state index in [0.29, 0.717) is 0 Å². The average Bonchev–Trinajstić information content (AvgIpc) is 2.60. The lowest BCUT2D eigenvalue weighted by molar-refractivity contribution is 0.249. The molecule has 0 unspecified atom stereocenters. The predicted octanol–water partition coefficient (Wildman–Crippen LogP) is 6.89. The van der Waals surface area contributed by atoms with Gasteiger partial charge in [-0.3, -0.25) is 0 Å². The van der Waals surface area contributed by atoms with Gasteiger partial charge in [-0.1, -0.05) is 114 Å². The van der Waals surface area contributed by atoms with Crippen LogP contribution in [0.3, 0.4) is 0 Å². The molecule has 0 nitrogen and oxygen atoms in total. The first-order chi connectivity index (χ1) is 11.0. The van der Waals surface area contributed by atoms with Crippen molar-refractivity contribution in [1.29, 1.82) is 0 Å². The molecule has 0 heterocycles. The maximum absolute atomic E-state index is 2.46. The predicted molar refractivity (Wildman–Crippen MR) is 102 cm³/mol. The lowest BCUT2D eigenvalue weighted by Crippen LogP contribution is -2.43. The lowest BCUT2D eigenvalue weighted by Gasteiger charge is -2.46. The van der Waals surface area contributed by atoms with Crippen LogP contribution in [-0.4, -0.2) is 0 Å². The van der Waals surface area contributed by atoms with Crippen LogP contribution in [0.25, 0.3) is 0 Å². The summed E-state index contributed by atoms with van der Waals surface area (Å²) in [6, 6.07) is 22.1. The molecule has 0 aliphatic heterocycles. The molecule has 2 rings (SSSR count).